The summed E-state index contributed by atoms with van der Waals surface area (Å²) in [6.07, 6.45) is 3.54. The van der Waals surface area contributed by atoms with Gasteiger partial charge < -0.3 is 5.32 Å². The molecule has 3 rings (SSSR count). The van der Waals surface area contributed by atoms with Crippen LogP contribution in [0.3, 0.4) is 0 Å². The molecule has 1 unspecified atom stereocenters. The second-order valence-corrected chi connectivity index (χ2v) is 3.58. The summed E-state index contributed by atoms with van der Waals surface area (Å²) in [7, 11) is 0. The van der Waals surface area contributed by atoms with Gasteiger partial charge in [-0.15, -0.1) is 10.2 Å². The lowest BCUT2D eigenvalue weighted by Gasteiger charge is -2.10. The fourth-order valence-electron chi connectivity index (χ4n) is 1.53. The lowest BCUT2D eigenvalue weighted by Crippen LogP contribution is -2.10. The van der Waals surface area contributed by atoms with Crippen molar-refractivity contribution in [3.63, 3.8) is 0 Å². The van der Waals surface area contributed by atoms with E-state index in [0.717, 1.165) is 11.5 Å². The molecule has 0 saturated heterocycles. The molecule has 0 bridgehead atoms. The zero-order valence-corrected chi connectivity index (χ0v) is 9.07. The first-order valence-electron chi connectivity index (χ1n) is 5.13. The second-order valence-electron chi connectivity index (χ2n) is 3.58. The van der Waals surface area contributed by atoms with Gasteiger partial charge in [-0.25, -0.2) is 9.50 Å². The molecule has 0 fully saturated rings. The molecule has 3 aromatic rings. The topological polar surface area (TPSA) is 96.7 Å². The molecule has 0 amide bonds. The van der Waals surface area contributed by atoms with Gasteiger partial charge in [-0.05, 0) is 13.0 Å². The van der Waals surface area contributed by atoms with Crippen molar-refractivity contribution in [1.82, 2.24) is 35.2 Å². The first kappa shape index (κ1) is 9.70. The van der Waals surface area contributed by atoms with Gasteiger partial charge in [0.1, 0.15) is 5.82 Å². The molecule has 0 aliphatic heterocycles. The van der Waals surface area contributed by atoms with E-state index < -0.39 is 0 Å². The largest absolute Gasteiger partial charge is 0.360 e. The fourth-order valence-corrected chi connectivity index (χ4v) is 1.53. The number of hydrogen-bond donors (Lipinski definition) is 2. The highest BCUT2D eigenvalue weighted by molar-refractivity contribution is 5.46. The Morgan fingerprint density at radius 3 is 3.18 bits per heavy atom. The van der Waals surface area contributed by atoms with E-state index in [4.69, 9.17) is 0 Å². The van der Waals surface area contributed by atoms with Gasteiger partial charge in [-0.3, -0.25) is 0 Å². The highest BCUT2D eigenvalue weighted by Crippen LogP contribution is 2.13. The minimum Gasteiger partial charge on any atom is -0.360 e. The van der Waals surface area contributed by atoms with Crippen molar-refractivity contribution >= 4 is 11.5 Å². The quantitative estimate of drug-likeness (QED) is 0.676. The third-order valence-electron chi connectivity index (χ3n) is 2.37. The summed E-state index contributed by atoms with van der Waals surface area (Å²) in [5, 5.41) is 21.0. The molecule has 0 aliphatic carbocycles. The van der Waals surface area contributed by atoms with Crippen molar-refractivity contribution in [2.75, 3.05) is 5.32 Å². The summed E-state index contributed by atoms with van der Waals surface area (Å²) < 4.78 is 1.70. The van der Waals surface area contributed by atoms with Crippen molar-refractivity contribution in [1.29, 1.82) is 0 Å². The summed E-state index contributed by atoms with van der Waals surface area (Å²) in [6.45, 7) is 1.94. The van der Waals surface area contributed by atoms with E-state index in [-0.39, 0.29) is 6.04 Å². The molecule has 0 aromatic carbocycles. The standard InChI is InChI=1S/C9H10N8/c1-6(9-13-15-16-14-9)11-7-3-5-17-8(12-7)2-4-10-17/h2-6H,1H3,(H,11,12)(H,13,14,15,16). The molecular weight excluding hydrogens is 220 g/mol. The van der Waals surface area contributed by atoms with Crippen LogP contribution in [0, 0.1) is 0 Å². The maximum Gasteiger partial charge on any atom is 0.196 e. The summed E-state index contributed by atoms with van der Waals surface area (Å²) in [6, 6.07) is 3.62. The summed E-state index contributed by atoms with van der Waals surface area (Å²) >= 11 is 0. The molecule has 0 radical (unpaired) electrons. The number of rotatable bonds is 3. The van der Waals surface area contributed by atoms with Gasteiger partial charge in [0.15, 0.2) is 11.5 Å². The zero-order valence-electron chi connectivity index (χ0n) is 9.07. The van der Waals surface area contributed by atoms with Gasteiger partial charge >= 0.3 is 0 Å². The average molecular weight is 230 g/mol. The van der Waals surface area contributed by atoms with Crippen LogP contribution in [0.4, 0.5) is 5.82 Å². The number of nitrogens with zero attached hydrogens (tertiary/aromatic N) is 6. The Morgan fingerprint density at radius 1 is 1.41 bits per heavy atom. The van der Waals surface area contributed by atoms with E-state index >= 15 is 0 Å². The molecule has 0 aliphatic rings. The number of H-pyrrole nitrogens is 1. The van der Waals surface area contributed by atoms with Crippen LogP contribution in [0.2, 0.25) is 0 Å². The molecule has 17 heavy (non-hydrogen) atoms. The smallest absolute Gasteiger partial charge is 0.196 e. The van der Waals surface area contributed by atoms with Crippen LogP contribution in [0.15, 0.2) is 24.5 Å². The molecule has 1 atom stereocenters. The normalized spacial score (nSPS) is 12.8. The van der Waals surface area contributed by atoms with Gasteiger partial charge in [0.2, 0.25) is 0 Å². The van der Waals surface area contributed by atoms with E-state index in [2.05, 4.69) is 36.0 Å². The lowest BCUT2D eigenvalue weighted by atomic mass is 10.3. The molecule has 0 saturated carbocycles. The maximum absolute atomic E-state index is 4.39. The third-order valence-corrected chi connectivity index (χ3v) is 2.37. The van der Waals surface area contributed by atoms with E-state index in [9.17, 15) is 0 Å². The molecule has 2 N–H and O–H groups in total. The Kier molecular flexibility index (Phi) is 2.18. The molecule has 3 heterocycles. The van der Waals surface area contributed by atoms with Gasteiger partial charge in [0, 0.05) is 12.3 Å². The van der Waals surface area contributed by atoms with Crippen molar-refractivity contribution in [3.05, 3.63) is 30.4 Å². The van der Waals surface area contributed by atoms with E-state index in [1.807, 2.05) is 25.3 Å². The van der Waals surface area contributed by atoms with Crippen LogP contribution in [-0.4, -0.2) is 35.2 Å². The number of aromatic amines is 1. The molecule has 86 valence electrons. The molecule has 3 aromatic heterocycles. The van der Waals surface area contributed by atoms with Gasteiger partial charge in [0.05, 0.1) is 12.2 Å². The van der Waals surface area contributed by atoms with Gasteiger partial charge in [0.25, 0.3) is 0 Å². The van der Waals surface area contributed by atoms with Crippen molar-refractivity contribution < 1.29 is 0 Å². The Balaban J connectivity index is 1.84. The van der Waals surface area contributed by atoms with E-state index in [0.29, 0.717) is 5.82 Å². The molecule has 8 nitrogen and oxygen atoms in total. The lowest BCUT2D eigenvalue weighted by molar-refractivity contribution is 0.786. The average Bonchev–Trinajstić information content (AvgIpc) is 2.99. The Bertz CT molecular complexity index is 613. The number of fused-ring (bicyclic) bond motifs is 1. The Hall–Kier alpha value is -2.51. The molecule has 0 spiro atoms. The van der Waals surface area contributed by atoms with Crippen LogP contribution in [0.25, 0.3) is 5.65 Å². The van der Waals surface area contributed by atoms with Crippen LogP contribution < -0.4 is 5.32 Å². The van der Waals surface area contributed by atoms with Crippen LogP contribution in [0.1, 0.15) is 18.8 Å². The first-order valence-corrected chi connectivity index (χ1v) is 5.13. The SMILES string of the molecule is CC(Nc1ccn2nccc2n1)c1nn[nH]n1. The Morgan fingerprint density at radius 2 is 2.35 bits per heavy atom. The van der Waals surface area contributed by atoms with Gasteiger partial charge in [-0.2, -0.15) is 10.3 Å². The summed E-state index contributed by atoms with van der Waals surface area (Å²) in [5.74, 6) is 1.34. The predicted octanol–water partition coefficient (Wildman–Crippen LogP) is 0.415. The van der Waals surface area contributed by atoms with Crippen LogP contribution >= 0.6 is 0 Å². The van der Waals surface area contributed by atoms with Crippen molar-refractivity contribution in [2.45, 2.75) is 13.0 Å². The van der Waals surface area contributed by atoms with Crippen molar-refractivity contribution in [2.24, 2.45) is 0 Å². The predicted molar refractivity (Wildman–Crippen MR) is 59.2 cm³/mol. The number of hydrogen-bond acceptors (Lipinski definition) is 6. The van der Waals surface area contributed by atoms with Crippen LogP contribution in [0.5, 0.6) is 0 Å². The minimum atomic E-state index is -0.0633. The van der Waals surface area contributed by atoms with Crippen molar-refractivity contribution in [3.8, 4) is 0 Å². The number of anilines is 1. The Labute approximate surface area is 96.1 Å². The number of aromatic nitrogens is 7. The maximum atomic E-state index is 4.39. The highest BCUT2D eigenvalue weighted by atomic mass is 15.5. The summed E-state index contributed by atoms with van der Waals surface area (Å²) in [5.41, 5.74) is 0.787. The third kappa shape index (κ3) is 1.80. The van der Waals surface area contributed by atoms with E-state index in [1.54, 1.807) is 10.7 Å². The monoisotopic (exact) mass is 230 g/mol. The second kappa shape index (κ2) is 3.81. The fraction of sp³-hybridized carbons (Fsp3) is 0.222. The first-order chi connectivity index (χ1) is 8.33. The molecular formula is C9H10N8. The minimum absolute atomic E-state index is 0.0633. The van der Waals surface area contributed by atoms with Gasteiger partial charge in [-0.1, -0.05) is 5.21 Å². The molecule has 8 heteroatoms. The number of tetrazole rings is 1. The highest BCUT2D eigenvalue weighted by Gasteiger charge is 2.10. The zero-order chi connectivity index (χ0) is 11.7. The van der Waals surface area contributed by atoms with E-state index in [1.165, 1.54) is 0 Å². The van der Waals surface area contributed by atoms with Crippen LogP contribution in [-0.2, 0) is 0 Å². The number of nitrogens with one attached hydrogen (secondary N) is 2. The summed E-state index contributed by atoms with van der Waals surface area (Å²) in [4.78, 5) is 4.39.